The number of hydrogen-bond donors (Lipinski definition) is 1. The lowest BCUT2D eigenvalue weighted by atomic mass is 10.00. The lowest BCUT2D eigenvalue weighted by Crippen LogP contribution is -2.34. The van der Waals surface area contributed by atoms with Gasteiger partial charge in [-0.3, -0.25) is 4.79 Å². The Morgan fingerprint density at radius 3 is 2.48 bits per heavy atom. The van der Waals surface area contributed by atoms with Crippen LogP contribution in [0.15, 0.2) is 22.7 Å². The van der Waals surface area contributed by atoms with Crippen LogP contribution >= 0.6 is 15.9 Å². The lowest BCUT2D eigenvalue weighted by Gasteiger charge is -2.18. The summed E-state index contributed by atoms with van der Waals surface area (Å²) in [6, 6.07) is 2.98. The van der Waals surface area contributed by atoms with E-state index in [0.717, 1.165) is 25.0 Å². The maximum Gasteiger partial charge on any atom is 0.416 e. The Labute approximate surface area is 131 Å². The second-order valence-corrected chi connectivity index (χ2v) is 6.17. The minimum Gasteiger partial charge on any atom is -0.350 e. The van der Waals surface area contributed by atoms with Crippen LogP contribution in [0.5, 0.6) is 0 Å². The van der Waals surface area contributed by atoms with Crippen LogP contribution < -0.4 is 5.32 Å². The molecule has 0 saturated carbocycles. The molecule has 1 N–H and O–H groups in total. The number of benzene rings is 1. The van der Waals surface area contributed by atoms with Crippen LogP contribution in [0.1, 0.15) is 49.5 Å². The van der Waals surface area contributed by atoms with Crippen molar-refractivity contribution in [3.8, 4) is 0 Å². The molecule has 0 spiro atoms. The third kappa shape index (κ3) is 5.34. The first-order chi connectivity index (χ1) is 9.65. The van der Waals surface area contributed by atoms with Gasteiger partial charge in [0, 0.05) is 10.5 Å². The molecule has 0 aliphatic rings. The van der Waals surface area contributed by atoms with Crippen molar-refractivity contribution in [2.45, 2.75) is 45.8 Å². The van der Waals surface area contributed by atoms with Gasteiger partial charge in [-0.2, -0.15) is 13.2 Å². The molecular weight excluding hydrogens is 347 g/mol. The van der Waals surface area contributed by atoms with Crippen LogP contribution in [0.4, 0.5) is 13.2 Å². The molecule has 1 aromatic rings. The van der Waals surface area contributed by atoms with Crippen molar-refractivity contribution in [2.24, 2.45) is 5.92 Å². The monoisotopic (exact) mass is 365 g/mol. The van der Waals surface area contributed by atoms with Crippen molar-refractivity contribution in [1.29, 1.82) is 0 Å². The molecule has 0 heterocycles. The number of carbonyl (C=O) groups is 1. The number of rotatable bonds is 5. The second-order valence-electron chi connectivity index (χ2n) is 5.32. The molecule has 2 nitrogen and oxygen atoms in total. The van der Waals surface area contributed by atoms with Crippen molar-refractivity contribution < 1.29 is 18.0 Å². The second kappa shape index (κ2) is 7.29. The highest BCUT2D eigenvalue weighted by molar-refractivity contribution is 9.10. The highest BCUT2D eigenvalue weighted by Crippen LogP contribution is 2.31. The first-order valence-corrected chi connectivity index (χ1v) is 7.62. The Bertz CT molecular complexity index is 502. The number of amides is 1. The maximum atomic E-state index is 12.7. The van der Waals surface area contributed by atoms with Gasteiger partial charge in [0.1, 0.15) is 0 Å². The summed E-state index contributed by atoms with van der Waals surface area (Å²) >= 11 is 3.12. The van der Waals surface area contributed by atoms with Gasteiger partial charge in [-0.25, -0.2) is 0 Å². The molecule has 2 atom stereocenters. The largest absolute Gasteiger partial charge is 0.416 e. The zero-order valence-corrected chi connectivity index (χ0v) is 13.8. The molecule has 0 radical (unpaired) electrons. The Morgan fingerprint density at radius 2 is 1.95 bits per heavy atom. The van der Waals surface area contributed by atoms with Gasteiger partial charge in [0.2, 0.25) is 0 Å². The fourth-order valence-electron chi connectivity index (χ4n) is 2.01. The van der Waals surface area contributed by atoms with Gasteiger partial charge in [-0.15, -0.1) is 0 Å². The van der Waals surface area contributed by atoms with Crippen LogP contribution in [-0.2, 0) is 6.18 Å². The lowest BCUT2D eigenvalue weighted by molar-refractivity contribution is -0.137. The van der Waals surface area contributed by atoms with Gasteiger partial charge in [0.15, 0.2) is 0 Å². The minimum atomic E-state index is -4.46. The number of nitrogens with one attached hydrogen (secondary N) is 1. The van der Waals surface area contributed by atoms with Crippen LogP contribution in [-0.4, -0.2) is 11.9 Å². The number of carbonyl (C=O) groups excluding carboxylic acids is 1. The van der Waals surface area contributed by atoms with Crippen molar-refractivity contribution in [2.75, 3.05) is 0 Å². The third-order valence-electron chi connectivity index (χ3n) is 3.37. The summed E-state index contributed by atoms with van der Waals surface area (Å²) < 4.78 is 38.4. The van der Waals surface area contributed by atoms with Crippen molar-refractivity contribution in [1.82, 2.24) is 5.32 Å². The van der Waals surface area contributed by atoms with E-state index in [4.69, 9.17) is 0 Å². The molecule has 2 unspecified atom stereocenters. The molecule has 1 amide bonds. The number of hydrogen-bond acceptors (Lipinski definition) is 1. The van der Waals surface area contributed by atoms with Crippen LogP contribution in [0, 0.1) is 5.92 Å². The molecule has 0 aliphatic heterocycles. The molecule has 118 valence electrons. The summed E-state index contributed by atoms with van der Waals surface area (Å²) in [6.45, 7) is 5.98. The summed E-state index contributed by atoms with van der Waals surface area (Å²) in [5.74, 6) is -0.0472. The minimum absolute atomic E-state index is 0.000765. The fraction of sp³-hybridized carbons (Fsp3) is 0.533. The topological polar surface area (TPSA) is 29.1 Å². The predicted molar refractivity (Wildman–Crippen MR) is 80.1 cm³/mol. The molecule has 0 fully saturated rings. The molecule has 0 bridgehead atoms. The molecule has 6 heteroatoms. The highest BCUT2D eigenvalue weighted by Gasteiger charge is 2.31. The van der Waals surface area contributed by atoms with Crippen molar-refractivity contribution in [3.05, 3.63) is 33.8 Å². The van der Waals surface area contributed by atoms with E-state index >= 15 is 0 Å². The van der Waals surface area contributed by atoms with E-state index in [-0.39, 0.29) is 11.6 Å². The van der Waals surface area contributed by atoms with Gasteiger partial charge < -0.3 is 5.32 Å². The summed E-state index contributed by atoms with van der Waals surface area (Å²) in [7, 11) is 0. The van der Waals surface area contributed by atoms with E-state index in [0.29, 0.717) is 10.4 Å². The molecule has 0 aromatic heterocycles. The quantitative estimate of drug-likeness (QED) is 0.779. The Balaban J connectivity index is 2.87. The van der Waals surface area contributed by atoms with Gasteiger partial charge in [0.25, 0.3) is 5.91 Å². The third-order valence-corrected chi connectivity index (χ3v) is 4.06. The summed E-state index contributed by atoms with van der Waals surface area (Å²) in [4.78, 5) is 12.1. The van der Waals surface area contributed by atoms with E-state index in [2.05, 4.69) is 35.1 Å². The summed E-state index contributed by atoms with van der Waals surface area (Å²) in [5.41, 5.74) is -0.828. The zero-order valence-electron chi connectivity index (χ0n) is 12.2. The predicted octanol–water partition coefficient (Wildman–Crippen LogP) is 5.02. The highest BCUT2D eigenvalue weighted by atomic mass is 79.9. The van der Waals surface area contributed by atoms with Crippen molar-refractivity contribution >= 4 is 21.8 Å². The standard InChI is InChI=1S/C15H19BrF3NO/c1-4-9(2)7-10(3)20-14(21)12-8-11(15(17,18)19)5-6-13(12)16/h5-6,8-10H,4,7H2,1-3H3,(H,20,21). The van der Waals surface area contributed by atoms with E-state index in [9.17, 15) is 18.0 Å². The first-order valence-electron chi connectivity index (χ1n) is 6.82. The summed E-state index contributed by atoms with van der Waals surface area (Å²) in [6.07, 6.45) is -2.68. The molecule has 1 aromatic carbocycles. The van der Waals surface area contributed by atoms with Gasteiger partial charge >= 0.3 is 6.18 Å². The fourth-order valence-corrected chi connectivity index (χ4v) is 2.43. The number of halogens is 4. The van der Waals surface area contributed by atoms with Crippen LogP contribution in [0.2, 0.25) is 0 Å². The zero-order chi connectivity index (χ0) is 16.2. The summed E-state index contributed by atoms with van der Waals surface area (Å²) in [5, 5.41) is 2.74. The number of alkyl halides is 3. The van der Waals surface area contributed by atoms with Gasteiger partial charge in [-0.05, 0) is 53.4 Å². The molecule has 21 heavy (non-hydrogen) atoms. The Hall–Kier alpha value is -1.04. The smallest absolute Gasteiger partial charge is 0.350 e. The normalized spacial score (nSPS) is 14.6. The Morgan fingerprint density at radius 1 is 1.33 bits per heavy atom. The molecule has 0 saturated heterocycles. The van der Waals surface area contributed by atoms with E-state index < -0.39 is 17.6 Å². The van der Waals surface area contributed by atoms with Crippen molar-refractivity contribution in [3.63, 3.8) is 0 Å². The first kappa shape index (κ1) is 18.0. The van der Waals surface area contributed by atoms with E-state index in [1.807, 2.05) is 6.92 Å². The van der Waals surface area contributed by atoms with Crippen LogP contribution in [0.25, 0.3) is 0 Å². The molecular formula is C15H19BrF3NO. The van der Waals surface area contributed by atoms with Crippen LogP contribution in [0.3, 0.4) is 0 Å². The van der Waals surface area contributed by atoms with E-state index in [1.54, 1.807) is 0 Å². The maximum absolute atomic E-state index is 12.7. The molecule has 1 rings (SSSR count). The van der Waals surface area contributed by atoms with E-state index in [1.165, 1.54) is 6.07 Å². The van der Waals surface area contributed by atoms with Gasteiger partial charge in [0.05, 0.1) is 11.1 Å². The average Bonchev–Trinajstić information content (AvgIpc) is 2.37. The Kier molecular flexibility index (Phi) is 6.25. The van der Waals surface area contributed by atoms with Gasteiger partial charge in [-0.1, -0.05) is 20.3 Å². The SMILES string of the molecule is CCC(C)CC(C)NC(=O)c1cc(C(F)(F)F)ccc1Br. The molecule has 0 aliphatic carbocycles. The average molecular weight is 366 g/mol.